The summed E-state index contributed by atoms with van der Waals surface area (Å²) < 4.78 is 6.41. The maximum Gasteiger partial charge on any atom is 0.128 e. The van der Waals surface area contributed by atoms with E-state index in [1.54, 1.807) is 0 Å². The van der Waals surface area contributed by atoms with E-state index in [4.69, 9.17) is 9.72 Å². The average Bonchev–Trinajstić information content (AvgIpc) is 2.76. The van der Waals surface area contributed by atoms with E-state index < -0.39 is 0 Å². The van der Waals surface area contributed by atoms with Crippen molar-refractivity contribution in [2.75, 3.05) is 6.54 Å². The van der Waals surface area contributed by atoms with Crippen LogP contribution in [0, 0.1) is 6.92 Å². The molecule has 2 aromatic rings. The second-order valence-electron chi connectivity index (χ2n) is 9.30. The van der Waals surface area contributed by atoms with Crippen LogP contribution in [0.5, 0.6) is 5.75 Å². The lowest BCUT2D eigenvalue weighted by molar-refractivity contribution is 0.128. The van der Waals surface area contributed by atoms with Crippen LogP contribution in [0.15, 0.2) is 24.3 Å². The molecule has 170 valence electrons. The van der Waals surface area contributed by atoms with E-state index in [-0.39, 0.29) is 6.10 Å². The lowest BCUT2D eigenvalue weighted by atomic mass is 9.93. The molecule has 1 aromatic carbocycles. The zero-order chi connectivity index (χ0) is 22.4. The molecule has 1 aromatic heterocycles. The molecule has 1 atom stereocenters. The van der Waals surface area contributed by atoms with Crippen LogP contribution in [-0.4, -0.2) is 28.6 Å². The van der Waals surface area contributed by atoms with Gasteiger partial charge in [0.05, 0.1) is 11.8 Å². The molecule has 3 heteroatoms. The molecule has 1 aliphatic rings. The van der Waals surface area contributed by atoms with Crippen molar-refractivity contribution in [1.29, 1.82) is 0 Å². The number of hydrogen-bond acceptors (Lipinski definition) is 3. The molecule has 1 unspecified atom stereocenters. The van der Waals surface area contributed by atoms with Gasteiger partial charge in [0.15, 0.2) is 0 Å². The van der Waals surface area contributed by atoms with Gasteiger partial charge in [-0.2, -0.15) is 0 Å². The smallest absolute Gasteiger partial charge is 0.128 e. The molecular weight excluding hydrogens is 380 g/mol. The first-order valence-electron chi connectivity index (χ1n) is 12.5. The van der Waals surface area contributed by atoms with E-state index in [1.165, 1.54) is 60.9 Å². The summed E-state index contributed by atoms with van der Waals surface area (Å²) in [5.41, 5.74) is 7.49. The molecule has 0 bridgehead atoms. The number of aryl methyl sites for hydroxylation is 3. The molecule has 3 rings (SSSR count). The van der Waals surface area contributed by atoms with E-state index in [0.29, 0.717) is 6.04 Å². The molecule has 31 heavy (non-hydrogen) atoms. The summed E-state index contributed by atoms with van der Waals surface area (Å²) in [4.78, 5) is 7.84. The van der Waals surface area contributed by atoms with Crippen LogP contribution in [0.25, 0.3) is 11.3 Å². The Morgan fingerprint density at radius 1 is 1.10 bits per heavy atom. The number of benzene rings is 1. The number of pyridine rings is 1. The van der Waals surface area contributed by atoms with Gasteiger partial charge in [-0.05, 0) is 70.5 Å². The van der Waals surface area contributed by atoms with E-state index in [2.05, 4.69) is 70.7 Å². The maximum absolute atomic E-state index is 6.41. The van der Waals surface area contributed by atoms with Crippen molar-refractivity contribution in [3.05, 3.63) is 46.6 Å². The largest absolute Gasteiger partial charge is 0.491 e. The third kappa shape index (κ3) is 5.68. The summed E-state index contributed by atoms with van der Waals surface area (Å²) in [5.74, 6) is 1.02. The Bertz CT molecular complexity index is 834. The number of ether oxygens (including phenoxy) is 1. The van der Waals surface area contributed by atoms with Gasteiger partial charge < -0.3 is 4.74 Å². The van der Waals surface area contributed by atoms with Crippen molar-refractivity contribution in [3.63, 3.8) is 0 Å². The van der Waals surface area contributed by atoms with E-state index in [9.17, 15) is 0 Å². The normalized spacial score (nSPS) is 17.3. The number of aromatic nitrogens is 1. The third-order valence-corrected chi connectivity index (χ3v) is 6.64. The zero-order valence-corrected chi connectivity index (χ0v) is 20.6. The fourth-order valence-corrected chi connectivity index (χ4v) is 5.05. The summed E-state index contributed by atoms with van der Waals surface area (Å²) >= 11 is 0. The summed E-state index contributed by atoms with van der Waals surface area (Å²) in [6, 6.07) is 9.57. The van der Waals surface area contributed by atoms with Crippen LogP contribution >= 0.6 is 0 Å². The summed E-state index contributed by atoms with van der Waals surface area (Å²) in [6.45, 7) is 15.3. The minimum atomic E-state index is 0.147. The van der Waals surface area contributed by atoms with Crippen LogP contribution in [-0.2, 0) is 19.4 Å². The van der Waals surface area contributed by atoms with Crippen LogP contribution in [0.2, 0.25) is 0 Å². The second kappa shape index (κ2) is 11.1. The highest BCUT2D eigenvalue weighted by molar-refractivity contribution is 5.70. The van der Waals surface area contributed by atoms with Gasteiger partial charge in [0.2, 0.25) is 0 Å². The van der Waals surface area contributed by atoms with Crippen molar-refractivity contribution < 1.29 is 4.74 Å². The fourth-order valence-electron chi connectivity index (χ4n) is 5.05. The molecule has 3 nitrogen and oxygen atoms in total. The van der Waals surface area contributed by atoms with Gasteiger partial charge in [-0.15, -0.1) is 0 Å². The van der Waals surface area contributed by atoms with Gasteiger partial charge >= 0.3 is 0 Å². The molecule has 0 N–H and O–H groups in total. The highest BCUT2D eigenvalue weighted by Gasteiger charge is 2.25. The lowest BCUT2D eigenvalue weighted by Crippen LogP contribution is -2.39. The molecule has 0 spiro atoms. The summed E-state index contributed by atoms with van der Waals surface area (Å²) in [5, 5.41) is 0. The monoisotopic (exact) mass is 422 g/mol. The molecule has 0 aliphatic carbocycles. The predicted octanol–water partition coefficient (Wildman–Crippen LogP) is 7.12. The van der Waals surface area contributed by atoms with Crippen LogP contribution in [0.1, 0.15) is 89.1 Å². The Morgan fingerprint density at radius 2 is 1.81 bits per heavy atom. The van der Waals surface area contributed by atoms with E-state index in [1.807, 2.05) is 0 Å². The molecule has 1 saturated heterocycles. The van der Waals surface area contributed by atoms with E-state index >= 15 is 0 Å². The van der Waals surface area contributed by atoms with Crippen molar-refractivity contribution in [2.24, 2.45) is 0 Å². The minimum absolute atomic E-state index is 0.147. The summed E-state index contributed by atoms with van der Waals surface area (Å²) in [7, 11) is 0. The first kappa shape index (κ1) is 23.8. The number of hydrogen-bond donors (Lipinski definition) is 0. The predicted molar refractivity (Wildman–Crippen MR) is 132 cm³/mol. The highest BCUT2D eigenvalue weighted by Crippen LogP contribution is 2.35. The fraction of sp³-hybridized carbons (Fsp3) is 0.607. The van der Waals surface area contributed by atoms with Crippen LogP contribution < -0.4 is 4.74 Å². The third-order valence-electron chi connectivity index (χ3n) is 6.64. The minimum Gasteiger partial charge on any atom is -0.491 e. The van der Waals surface area contributed by atoms with Gasteiger partial charge in [0, 0.05) is 35.5 Å². The standard InChI is InChI=1S/C28H42N2O/c1-7-13-24-16-10-11-17-30(24)19-25-21(6)29-26(18-27(25)31-20(4)5)28-22(8-2)14-12-15-23(28)9-3/h12,14-15,18,20,24H,7-11,13,16-17,19H2,1-6H3. The SMILES string of the molecule is CCCC1CCCCN1Cc1c(OC(C)C)cc(-c2c(CC)cccc2CC)nc1C. The van der Waals surface area contributed by atoms with Crippen LogP contribution in [0.4, 0.5) is 0 Å². The number of piperidine rings is 1. The highest BCUT2D eigenvalue weighted by atomic mass is 16.5. The van der Waals surface area contributed by atoms with Crippen molar-refractivity contribution in [3.8, 4) is 17.0 Å². The average molecular weight is 423 g/mol. The van der Waals surface area contributed by atoms with Gasteiger partial charge in [-0.25, -0.2) is 0 Å². The van der Waals surface area contributed by atoms with Gasteiger partial charge in [-0.3, -0.25) is 9.88 Å². The Labute approximate surface area is 190 Å². The number of nitrogens with zero attached hydrogens (tertiary/aromatic N) is 2. The van der Waals surface area contributed by atoms with Gasteiger partial charge in [0.1, 0.15) is 5.75 Å². The molecule has 0 amide bonds. The van der Waals surface area contributed by atoms with Crippen molar-refractivity contribution in [1.82, 2.24) is 9.88 Å². The second-order valence-corrected chi connectivity index (χ2v) is 9.30. The Kier molecular flexibility index (Phi) is 8.54. The Morgan fingerprint density at radius 3 is 2.42 bits per heavy atom. The van der Waals surface area contributed by atoms with Crippen molar-refractivity contribution in [2.45, 2.75) is 105 Å². The zero-order valence-electron chi connectivity index (χ0n) is 20.6. The van der Waals surface area contributed by atoms with E-state index in [0.717, 1.165) is 36.5 Å². The molecule has 1 fully saturated rings. The Hall–Kier alpha value is -1.87. The van der Waals surface area contributed by atoms with Gasteiger partial charge in [0.25, 0.3) is 0 Å². The number of likely N-dealkylation sites (tertiary alicyclic amines) is 1. The lowest BCUT2D eigenvalue weighted by Gasteiger charge is -2.36. The molecule has 2 heterocycles. The molecule has 0 radical (unpaired) electrons. The molecule has 0 saturated carbocycles. The van der Waals surface area contributed by atoms with Gasteiger partial charge in [-0.1, -0.05) is 51.8 Å². The van der Waals surface area contributed by atoms with Crippen molar-refractivity contribution >= 4 is 0 Å². The molecule has 1 aliphatic heterocycles. The summed E-state index contributed by atoms with van der Waals surface area (Å²) in [6.07, 6.45) is 8.69. The quantitative estimate of drug-likeness (QED) is 0.430. The Balaban J connectivity index is 2.04. The maximum atomic E-state index is 6.41. The first-order chi connectivity index (χ1) is 15.0. The first-order valence-corrected chi connectivity index (χ1v) is 12.5. The topological polar surface area (TPSA) is 25.4 Å². The number of rotatable bonds is 9. The van der Waals surface area contributed by atoms with Crippen LogP contribution in [0.3, 0.4) is 0 Å². The molecular formula is C28H42N2O.